The summed E-state index contributed by atoms with van der Waals surface area (Å²) >= 11 is 0. The van der Waals surface area contributed by atoms with Crippen LogP contribution in [-0.4, -0.2) is 12.5 Å². The number of anilines is 1. The number of fused-ring (bicyclic) bond motifs is 1. The van der Waals surface area contributed by atoms with E-state index in [1.165, 1.54) is 16.8 Å². The average Bonchev–Trinajstić information content (AvgIpc) is 3.03. The molecule has 0 bridgehead atoms. The standard InChI is InChI=1S/C20H24N2O/c1-3-15(2)12-21-20(23)16-8-10-19(11-9-16)22-13-17-6-4-5-7-18(17)14-22/h4-11,15H,3,12-14H2,1-2H3,(H,21,23). The van der Waals surface area contributed by atoms with Crippen LogP contribution >= 0.6 is 0 Å². The van der Waals surface area contributed by atoms with Crippen LogP contribution in [0.2, 0.25) is 0 Å². The van der Waals surface area contributed by atoms with Crippen molar-refractivity contribution in [3.05, 3.63) is 65.2 Å². The first kappa shape index (κ1) is 15.6. The monoisotopic (exact) mass is 308 g/mol. The Kier molecular flexibility index (Phi) is 4.65. The molecule has 23 heavy (non-hydrogen) atoms. The molecule has 0 radical (unpaired) electrons. The molecule has 1 unspecified atom stereocenters. The van der Waals surface area contributed by atoms with Crippen LogP contribution in [0, 0.1) is 5.92 Å². The van der Waals surface area contributed by atoms with Gasteiger partial charge >= 0.3 is 0 Å². The van der Waals surface area contributed by atoms with Crippen molar-refractivity contribution in [3.8, 4) is 0 Å². The number of hydrogen-bond donors (Lipinski definition) is 1. The first-order valence-corrected chi connectivity index (χ1v) is 8.37. The van der Waals surface area contributed by atoms with Crippen LogP contribution in [0.3, 0.4) is 0 Å². The van der Waals surface area contributed by atoms with E-state index in [1.54, 1.807) is 0 Å². The van der Waals surface area contributed by atoms with Gasteiger partial charge in [-0.2, -0.15) is 0 Å². The Labute approximate surface area is 138 Å². The predicted molar refractivity (Wildman–Crippen MR) is 94.6 cm³/mol. The smallest absolute Gasteiger partial charge is 0.251 e. The molecule has 120 valence electrons. The number of nitrogens with one attached hydrogen (secondary N) is 1. The van der Waals surface area contributed by atoms with E-state index in [0.29, 0.717) is 5.92 Å². The summed E-state index contributed by atoms with van der Waals surface area (Å²) in [5.41, 5.74) is 4.68. The molecule has 1 aliphatic rings. The summed E-state index contributed by atoms with van der Waals surface area (Å²) in [5.74, 6) is 0.530. The third-order valence-corrected chi connectivity index (χ3v) is 4.64. The fraction of sp³-hybridized carbons (Fsp3) is 0.350. The lowest BCUT2D eigenvalue weighted by molar-refractivity contribution is 0.0948. The minimum Gasteiger partial charge on any atom is -0.363 e. The molecule has 0 saturated carbocycles. The zero-order chi connectivity index (χ0) is 16.2. The number of hydrogen-bond acceptors (Lipinski definition) is 2. The molecule has 0 saturated heterocycles. The summed E-state index contributed by atoms with van der Waals surface area (Å²) < 4.78 is 0. The van der Waals surface area contributed by atoms with Gasteiger partial charge in [-0.3, -0.25) is 4.79 Å². The maximum atomic E-state index is 12.2. The van der Waals surface area contributed by atoms with Crippen LogP contribution in [0.25, 0.3) is 0 Å². The molecule has 1 amide bonds. The lowest BCUT2D eigenvalue weighted by Gasteiger charge is -2.18. The van der Waals surface area contributed by atoms with E-state index >= 15 is 0 Å². The third-order valence-electron chi connectivity index (χ3n) is 4.64. The molecule has 0 aromatic heterocycles. The molecule has 1 heterocycles. The van der Waals surface area contributed by atoms with E-state index in [4.69, 9.17) is 0 Å². The van der Waals surface area contributed by atoms with Crippen molar-refractivity contribution in [2.75, 3.05) is 11.4 Å². The minimum absolute atomic E-state index is 0.0153. The zero-order valence-electron chi connectivity index (χ0n) is 13.9. The Hall–Kier alpha value is -2.29. The number of amides is 1. The lowest BCUT2D eigenvalue weighted by Crippen LogP contribution is -2.28. The van der Waals surface area contributed by atoms with E-state index in [0.717, 1.165) is 31.6 Å². The molecule has 0 fully saturated rings. The molecular formula is C20H24N2O. The molecule has 0 aliphatic carbocycles. The summed E-state index contributed by atoms with van der Waals surface area (Å²) in [4.78, 5) is 14.5. The second kappa shape index (κ2) is 6.86. The highest BCUT2D eigenvalue weighted by atomic mass is 16.1. The molecule has 3 rings (SSSR count). The van der Waals surface area contributed by atoms with Crippen LogP contribution < -0.4 is 10.2 Å². The minimum atomic E-state index is 0.0153. The first-order valence-electron chi connectivity index (χ1n) is 8.37. The van der Waals surface area contributed by atoms with Gasteiger partial charge in [-0.05, 0) is 41.3 Å². The highest BCUT2D eigenvalue weighted by Crippen LogP contribution is 2.28. The Bertz CT molecular complexity index is 653. The summed E-state index contributed by atoms with van der Waals surface area (Å²) in [7, 11) is 0. The molecule has 1 aliphatic heterocycles. The van der Waals surface area contributed by atoms with E-state index in [-0.39, 0.29) is 5.91 Å². The highest BCUT2D eigenvalue weighted by molar-refractivity contribution is 5.94. The average molecular weight is 308 g/mol. The maximum Gasteiger partial charge on any atom is 0.251 e. The van der Waals surface area contributed by atoms with Gasteiger partial charge in [-0.15, -0.1) is 0 Å². The maximum absolute atomic E-state index is 12.2. The van der Waals surface area contributed by atoms with Crippen LogP contribution in [0.1, 0.15) is 41.8 Å². The number of benzene rings is 2. The second-order valence-corrected chi connectivity index (χ2v) is 6.40. The van der Waals surface area contributed by atoms with Crippen LogP contribution in [0.15, 0.2) is 48.5 Å². The van der Waals surface area contributed by atoms with E-state index in [2.05, 4.69) is 48.3 Å². The molecule has 0 spiro atoms. The summed E-state index contributed by atoms with van der Waals surface area (Å²) in [6.45, 7) is 6.90. The molecule has 3 nitrogen and oxygen atoms in total. The van der Waals surface area contributed by atoms with Crippen molar-refractivity contribution in [3.63, 3.8) is 0 Å². The quantitative estimate of drug-likeness (QED) is 0.906. The van der Waals surface area contributed by atoms with E-state index < -0.39 is 0 Å². The zero-order valence-corrected chi connectivity index (χ0v) is 13.9. The predicted octanol–water partition coefficient (Wildman–Crippen LogP) is 3.98. The van der Waals surface area contributed by atoms with Crippen molar-refractivity contribution in [1.29, 1.82) is 0 Å². The summed E-state index contributed by atoms with van der Waals surface area (Å²) in [5, 5.41) is 3.00. The normalized spacial score (nSPS) is 14.4. The highest BCUT2D eigenvalue weighted by Gasteiger charge is 2.18. The first-order chi connectivity index (χ1) is 11.2. The molecular weight excluding hydrogens is 284 g/mol. The molecule has 1 N–H and O–H groups in total. The SMILES string of the molecule is CCC(C)CNC(=O)c1ccc(N2Cc3ccccc3C2)cc1. The Morgan fingerprint density at radius 3 is 2.26 bits per heavy atom. The summed E-state index contributed by atoms with van der Waals surface area (Å²) in [6.07, 6.45) is 1.08. The van der Waals surface area contributed by atoms with Gasteiger partial charge in [0.25, 0.3) is 5.91 Å². The van der Waals surface area contributed by atoms with Gasteiger partial charge in [0.2, 0.25) is 0 Å². The van der Waals surface area contributed by atoms with Crippen molar-refractivity contribution >= 4 is 11.6 Å². The fourth-order valence-corrected chi connectivity index (χ4v) is 2.85. The van der Waals surface area contributed by atoms with Crippen LogP contribution in [-0.2, 0) is 13.1 Å². The third kappa shape index (κ3) is 3.55. The van der Waals surface area contributed by atoms with Crippen LogP contribution in [0.4, 0.5) is 5.69 Å². The molecule has 2 aromatic carbocycles. The lowest BCUT2D eigenvalue weighted by atomic mass is 10.1. The Morgan fingerprint density at radius 2 is 1.70 bits per heavy atom. The van der Waals surface area contributed by atoms with Gasteiger partial charge in [0.15, 0.2) is 0 Å². The van der Waals surface area contributed by atoms with Crippen molar-refractivity contribution in [2.45, 2.75) is 33.4 Å². The summed E-state index contributed by atoms with van der Waals surface area (Å²) in [6, 6.07) is 16.5. The van der Waals surface area contributed by atoms with Gasteiger partial charge < -0.3 is 10.2 Å². The number of carbonyl (C=O) groups is 1. The number of nitrogens with zero attached hydrogens (tertiary/aromatic N) is 1. The molecule has 3 heteroatoms. The van der Waals surface area contributed by atoms with Gasteiger partial charge in [-0.1, -0.05) is 44.5 Å². The topological polar surface area (TPSA) is 32.3 Å². The molecule has 1 atom stereocenters. The second-order valence-electron chi connectivity index (χ2n) is 6.40. The Balaban J connectivity index is 1.63. The largest absolute Gasteiger partial charge is 0.363 e. The van der Waals surface area contributed by atoms with Gasteiger partial charge in [0.05, 0.1) is 0 Å². The van der Waals surface area contributed by atoms with E-state index in [9.17, 15) is 4.79 Å². The fourth-order valence-electron chi connectivity index (χ4n) is 2.85. The number of rotatable bonds is 5. The Morgan fingerprint density at radius 1 is 1.09 bits per heavy atom. The number of carbonyl (C=O) groups excluding carboxylic acids is 1. The van der Waals surface area contributed by atoms with Gasteiger partial charge in [0, 0.05) is 30.9 Å². The van der Waals surface area contributed by atoms with Gasteiger partial charge in [-0.25, -0.2) is 0 Å². The van der Waals surface area contributed by atoms with E-state index in [1.807, 2.05) is 24.3 Å². The van der Waals surface area contributed by atoms with Crippen molar-refractivity contribution in [2.24, 2.45) is 5.92 Å². The van der Waals surface area contributed by atoms with Gasteiger partial charge in [0.1, 0.15) is 0 Å². The van der Waals surface area contributed by atoms with Crippen LogP contribution in [0.5, 0.6) is 0 Å². The molecule has 2 aromatic rings. The van der Waals surface area contributed by atoms with Crippen molar-refractivity contribution in [1.82, 2.24) is 5.32 Å². The van der Waals surface area contributed by atoms with Crippen molar-refractivity contribution < 1.29 is 4.79 Å².